The lowest BCUT2D eigenvalue weighted by Gasteiger charge is -2.08. The lowest BCUT2D eigenvalue weighted by atomic mass is 10.4. The van der Waals surface area contributed by atoms with E-state index in [9.17, 15) is 4.91 Å². The Balaban J connectivity index is 2.16. The third-order valence-electron chi connectivity index (χ3n) is 1.92. The van der Waals surface area contributed by atoms with Crippen LogP contribution in [0.4, 0.5) is 0 Å². The Kier molecular flexibility index (Phi) is 4.93. The fourth-order valence-electron chi connectivity index (χ4n) is 1.15. The normalized spacial score (nSPS) is 11.1. The summed E-state index contributed by atoms with van der Waals surface area (Å²) in [5, 5.41) is 8.57. The Morgan fingerprint density at radius 3 is 3.13 bits per heavy atom. The molecule has 2 N–H and O–H groups in total. The first kappa shape index (κ1) is 11.2. The third kappa shape index (κ3) is 4.26. The van der Waals surface area contributed by atoms with Gasteiger partial charge in [0.1, 0.15) is 12.0 Å². The fourth-order valence-corrected chi connectivity index (χ4v) is 1.15. The van der Waals surface area contributed by atoms with Gasteiger partial charge in [0.25, 0.3) is 0 Å². The molecule has 0 spiro atoms. The maximum absolute atomic E-state index is 9.97. The molecule has 0 saturated heterocycles. The van der Waals surface area contributed by atoms with E-state index in [0.717, 1.165) is 19.5 Å². The van der Waals surface area contributed by atoms with Crippen molar-refractivity contribution in [1.82, 2.24) is 20.2 Å². The highest BCUT2D eigenvalue weighted by molar-refractivity contribution is 4.94. The van der Waals surface area contributed by atoms with Gasteiger partial charge >= 0.3 is 0 Å². The van der Waals surface area contributed by atoms with Gasteiger partial charge in [-0.2, -0.15) is 0 Å². The zero-order chi connectivity index (χ0) is 10.9. The van der Waals surface area contributed by atoms with E-state index in [2.05, 4.69) is 20.8 Å². The Morgan fingerprint density at radius 2 is 2.53 bits per heavy atom. The second-order valence-electron chi connectivity index (χ2n) is 2.98. The Morgan fingerprint density at radius 1 is 1.67 bits per heavy atom. The van der Waals surface area contributed by atoms with Crippen LogP contribution >= 0.6 is 0 Å². The molecule has 0 amide bonds. The highest BCUT2D eigenvalue weighted by Gasteiger charge is 1.93. The number of rotatable bonds is 7. The Hall–Kier alpha value is -1.85. The summed E-state index contributed by atoms with van der Waals surface area (Å²) in [6.45, 7) is 1.68. The average molecular weight is 209 g/mol. The van der Waals surface area contributed by atoms with Crippen LogP contribution < -0.4 is 10.6 Å². The Labute approximate surface area is 88.4 Å². The minimum atomic E-state index is 0.635. The number of nitrogens with one attached hydrogen (secondary N) is 2. The summed E-state index contributed by atoms with van der Waals surface area (Å²) in [5.74, 6) is 0.635. The van der Waals surface area contributed by atoms with E-state index < -0.39 is 0 Å². The maximum atomic E-state index is 9.97. The minimum Gasteiger partial charge on any atom is -0.374 e. The number of imidazole rings is 1. The summed E-state index contributed by atoms with van der Waals surface area (Å²) in [5.41, 5.74) is 0. The molecular weight excluding hydrogens is 194 g/mol. The van der Waals surface area contributed by atoms with E-state index in [1.165, 1.54) is 6.20 Å². The quantitative estimate of drug-likeness (QED) is 0.511. The first-order chi connectivity index (χ1) is 7.36. The van der Waals surface area contributed by atoms with E-state index >= 15 is 0 Å². The second kappa shape index (κ2) is 6.58. The van der Waals surface area contributed by atoms with E-state index in [0.29, 0.717) is 5.82 Å². The summed E-state index contributed by atoms with van der Waals surface area (Å²) in [6.07, 6.45) is 7.62. The molecule has 0 unspecified atom stereocenters. The van der Waals surface area contributed by atoms with Crippen molar-refractivity contribution >= 4 is 0 Å². The standard InChI is InChI=1S/C9H15N5O/c1-10-9(7-13-15)12-3-2-5-14-6-4-11-8-14/h4,6-8,10,12H,2-3,5H2,1H3/b9-7+. The number of nitroso groups, excluding NO2 is 1. The van der Waals surface area contributed by atoms with Gasteiger partial charge < -0.3 is 15.2 Å². The third-order valence-corrected chi connectivity index (χ3v) is 1.92. The van der Waals surface area contributed by atoms with Gasteiger partial charge in [-0.05, 0) is 11.6 Å². The van der Waals surface area contributed by atoms with Crippen LogP contribution in [0.25, 0.3) is 0 Å². The Bertz CT molecular complexity index is 306. The van der Waals surface area contributed by atoms with Crippen LogP contribution in [0.15, 0.2) is 35.9 Å². The van der Waals surface area contributed by atoms with Crippen molar-refractivity contribution in [2.75, 3.05) is 13.6 Å². The molecule has 1 heterocycles. The molecule has 15 heavy (non-hydrogen) atoms. The van der Waals surface area contributed by atoms with Gasteiger partial charge in [0.05, 0.1) is 6.33 Å². The van der Waals surface area contributed by atoms with Crippen molar-refractivity contribution < 1.29 is 0 Å². The molecule has 0 aromatic carbocycles. The van der Waals surface area contributed by atoms with Crippen molar-refractivity contribution in [3.05, 3.63) is 35.6 Å². The molecule has 82 valence electrons. The van der Waals surface area contributed by atoms with Gasteiger partial charge in [0.15, 0.2) is 0 Å². The molecule has 0 aliphatic heterocycles. The van der Waals surface area contributed by atoms with E-state index in [-0.39, 0.29) is 0 Å². The maximum Gasteiger partial charge on any atom is 0.121 e. The molecular formula is C9H15N5O. The number of nitrogens with zero attached hydrogens (tertiary/aromatic N) is 3. The van der Waals surface area contributed by atoms with Gasteiger partial charge in [-0.25, -0.2) is 4.98 Å². The lowest BCUT2D eigenvalue weighted by molar-refractivity contribution is 0.601. The average Bonchev–Trinajstić information content (AvgIpc) is 2.75. The molecule has 0 aliphatic rings. The molecule has 0 bridgehead atoms. The largest absolute Gasteiger partial charge is 0.374 e. The predicted octanol–water partition coefficient (Wildman–Crippen LogP) is 0.647. The zero-order valence-corrected chi connectivity index (χ0v) is 8.68. The zero-order valence-electron chi connectivity index (χ0n) is 8.68. The van der Waals surface area contributed by atoms with Gasteiger partial charge in [-0.15, -0.1) is 4.91 Å². The molecule has 0 fully saturated rings. The van der Waals surface area contributed by atoms with Gasteiger partial charge in [0.2, 0.25) is 0 Å². The molecule has 1 aromatic rings. The van der Waals surface area contributed by atoms with Crippen molar-refractivity contribution in [2.24, 2.45) is 5.18 Å². The van der Waals surface area contributed by atoms with Gasteiger partial charge in [-0.1, -0.05) is 0 Å². The number of hydrogen-bond donors (Lipinski definition) is 2. The van der Waals surface area contributed by atoms with Crippen LogP contribution in [0.2, 0.25) is 0 Å². The minimum absolute atomic E-state index is 0.635. The van der Waals surface area contributed by atoms with Crippen LogP contribution in [0, 0.1) is 4.91 Å². The molecule has 6 nitrogen and oxygen atoms in total. The number of aromatic nitrogens is 2. The van der Waals surface area contributed by atoms with E-state index in [1.54, 1.807) is 19.6 Å². The topological polar surface area (TPSA) is 71.3 Å². The summed E-state index contributed by atoms with van der Waals surface area (Å²) in [4.78, 5) is 13.9. The fraction of sp³-hybridized carbons (Fsp3) is 0.444. The predicted molar refractivity (Wildman–Crippen MR) is 57.8 cm³/mol. The summed E-state index contributed by atoms with van der Waals surface area (Å²) < 4.78 is 2.00. The van der Waals surface area contributed by atoms with Crippen molar-refractivity contribution in [1.29, 1.82) is 0 Å². The summed E-state index contributed by atoms with van der Waals surface area (Å²) in [6, 6.07) is 0. The monoisotopic (exact) mass is 209 g/mol. The number of aryl methyl sites for hydroxylation is 1. The van der Waals surface area contributed by atoms with Crippen LogP contribution in [0.1, 0.15) is 6.42 Å². The van der Waals surface area contributed by atoms with Crippen molar-refractivity contribution in [2.45, 2.75) is 13.0 Å². The molecule has 0 radical (unpaired) electrons. The van der Waals surface area contributed by atoms with E-state index in [1.807, 2.05) is 10.8 Å². The van der Waals surface area contributed by atoms with Crippen LogP contribution in [0.3, 0.4) is 0 Å². The molecule has 0 atom stereocenters. The highest BCUT2D eigenvalue weighted by Crippen LogP contribution is 1.90. The molecule has 6 heteroatoms. The first-order valence-corrected chi connectivity index (χ1v) is 4.77. The van der Waals surface area contributed by atoms with E-state index in [4.69, 9.17) is 0 Å². The van der Waals surface area contributed by atoms with Gasteiger partial charge in [-0.3, -0.25) is 0 Å². The lowest BCUT2D eigenvalue weighted by Crippen LogP contribution is -2.24. The SMILES string of the molecule is CN/C(=C\N=O)NCCCn1ccnc1. The first-order valence-electron chi connectivity index (χ1n) is 4.77. The van der Waals surface area contributed by atoms with Crippen molar-refractivity contribution in [3.63, 3.8) is 0 Å². The molecule has 1 aromatic heterocycles. The van der Waals surface area contributed by atoms with Gasteiger partial charge in [0, 0.05) is 32.5 Å². The molecule has 0 saturated carbocycles. The smallest absolute Gasteiger partial charge is 0.121 e. The summed E-state index contributed by atoms with van der Waals surface area (Å²) in [7, 11) is 1.74. The highest BCUT2D eigenvalue weighted by atomic mass is 16.2. The second-order valence-corrected chi connectivity index (χ2v) is 2.98. The van der Waals surface area contributed by atoms with Crippen LogP contribution in [0.5, 0.6) is 0 Å². The summed E-state index contributed by atoms with van der Waals surface area (Å²) >= 11 is 0. The van der Waals surface area contributed by atoms with Crippen molar-refractivity contribution in [3.8, 4) is 0 Å². The molecule has 1 rings (SSSR count). The molecule has 0 aliphatic carbocycles. The number of hydrogen-bond acceptors (Lipinski definition) is 5. The van der Waals surface area contributed by atoms with Crippen LogP contribution in [-0.4, -0.2) is 23.1 Å². The van der Waals surface area contributed by atoms with Crippen LogP contribution in [-0.2, 0) is 6.54 Å².